The number of nitrogens with zero attached hydrogens (tertiary/aromatic N) is 2. The van der Waals surface area contributed by atoms with E-state index in [1.54, 1.807) is 18.3 Å². The molecule has 6 nitrogen and oxygen atoms in total. The zero-order valence-electron chi connectivity index (χ0n) is 16.2. The normalized spacial score (nSPS) is 15.5. The molecule has 3 aromatic rings. The fourth-order valence-electron chi connectivity index (χ4n) is 3.89. The van der Waals surface area contributed by atoms with Crippen molar-refractivity contribution in [2.45, 2.75) is 18.8 Å². The summed E-state index contributed by atoms with van der Waals surface area (Å²) in [6.45, 7) is 2.89. The average Bonchev–Trinajstić information content (AvgIpc) is 3.16. The molecule has 4 rings (SSSR count). The number of hydrogen-bond acceptors (Lipinski definition) is 4. The Morgan fingerprint density at radius 2 is 2.14 bits per heavy atom. The van der Waals surface area contributed by atoms with Gasteiger partial charge in [0.15, 0.2) is 0 Å². The van der Waals surface area contributed by atoms with E-state index in [2.05, 4.69) is 32.4 Å². The number of hydrogen-bond donors (Lipinski definition) is 2. The minimum atomic E-state index is -0.334. The van der Waals surface area contributed by atoms with Gasteiger partial charge in [0.05, 0.1) is 13.1 Å². The van der Waals surface area contributed by atoms with Gasteiger partial charge < -0.3 is 15.0 Å². The molecular formula is C22H25FN4O2. The Morgan fingerprint density at radius 1 is 1.28 bits per heavy atom. The van der Waals surface area contributed by atoms with Crippen LogP contribution >= 0.6 is 0 Å². The van der Waals surface area contributed by atoms with Gasteiger partial charge in [-0.3, -0.25) is 9.69 Å². The maximum absolute atomic E-state index is 13.1. The summed E-state index contributed by atoms with van der Waals surface area (Å²) in [5.41, 5.74) is 2.26. The topological polar surface area (TPSA) is 70.2 Å². The second kappa shape index (κ2) is 9.05. The molecule has 2 N–H and O–H groups in total. The second-order valence-electron chi connectivity index (χ2n) is 7.35. The zero-order chi connectivity index (χ0) is 20.1. The Hall–Kier alpha value is -2.93. The molecule has 0 spiro atoms. The minimum absolute atomic E-state index is 0.0115. The van der Waals surface area contributed by atoms with Crippen LogP contribution in [0.4, 0.5) is 4.39 Å². The number of halogens is 1. The summed E-state index contributed by atoms with van der Waals surface area (Å²) in [6.07, 6.45) is 5.92. The van der Waals surface area contributed by atoms with Gasteiger partial charge in [-0.2, -0.15) is 0 Å². The van der Waals surface area contributed by atoms with E-state index in [0.29, 0.717) is 31.4 Å². The number of rotatable bonds is 7. The number of pyridine rings is 1. The molecule has 0 bridgehead atoms. The van der Waals surface area contributed by atoms with Crippen LogP contribution in [-0.4, -0.2) is 53.6 Å². The number of benzene rings is 1. The highest BCUT2D eigenvalue weighted by Crippen LogP contribution is 2.32. The van der Waals surface area contributed by atoms with E-state index in [9.17, 15) is 9.18 Å². The molecule has 1 aromatic carbocycles. The standard InChI is InChI=1S/C22H25FN4O2/c23-17-3-1-4-18(13-17)29-12-9-24-21(28)15-27-10-6-16(7-11-27)20-14-26-22-19(20)5-2-8-25-22/h1-5,8,13-14,16H,6-7,9-12,15H2,(H,24,28)(H,25,26). The van der Waals surface area contributed by atoms with Gasteiger partial charge in [-0.15, -0.1) is 0 Å². The summed E-state index contributed by atoms with van der Waals surface area (Å²) < 4.78 is 18.5. The lowest BCUT2D eigenvalue weighted by Gasteiger charge is -2.31. The number of fused-ring (bicyclic) bond motifs is 1. The number of carbonyl (C=O) groups is 1. The van der Waals surface area contributed by atoms with Gasteiger partial charge in [0.2, 0.25) is 5.91 Å². The third-order valence-electron chi connectivity index (χ3n) is 5.37. The zero-order valence-corrected chi connectivity index (χ0v) is 16.2. The van der Waals surface area contributed by atoms with Crippen LogP contribution in [0.15, 0.2) is 48.8 Å². The first-order chi connectivity index (χ1) is 14.2. The molecule has 0 unspecified atom stereocenters. The highest BCUT2D eigenvalue weighted by molar-refractivity contribution is 5.80. The minimum Gasteiger partial charge on any atom is -0.492 e. The molecule has 0 saturated carbocycles. The summed E-state index contributed by atoms with van der Waals surface area (Å²) in [5.74, 6) is 0.613. The number of nitrogens with one attached hydrogen (secondary N) is 2. The van der Waals surface area contributed by atoms with Gasteiger partial charge >= 0.3 is 0 Å². The van der Waals surface area contributed by atoms with E-state index in [0.717, 1.165) is 31.6 Å². The van der Waals surface area contributed by atoms with Crippen LogP contribution in [0.3, 0.4) is 0 Å². The Bertz CT molecular complexity index is 966. The molecule has 1 aliphatic heterocycles. The van der Waals surface area contributed by atoms with Crippen molar-refractivity contribution in [1.29, 1.82) is 0 Å². The molecule has 3 heterocycles. The summed E-state index contributed by atoms with van der Waals surface area (Å²) in [7, 11) is 0. The van der Waals surface area contributed by atoms with Crippen molar-refractivity contribution in [1.82, 2.24) is 20.2 Å². The predicted molar refractivity (Wildman–Crippen MR) is 109 cm³/mol. The fraction of sp³-hybridized carbons (Fsp3) is 0.364. The summed E-state index contributed by atoms with van der Waals surface area (Å²) >= 11 is 0. The first-order valence-electron chi connectivity index (χ1n) is 9.98. The molecule has 0 atom stereocenters. The number of amides is 1. The van der Waals surface area contributed by atoms with E-state index in [1.165, 1.54) is 23.1 Å². The largest absolute Gasteiger partial charge is 0.492 e. The van der Waals surface area contributed by atoms with Crippen molar-refractivity contribution < 1.29 is 13.9 Å². The molecule has 2 aromatic heterocycles. The number of piperidine rings is 1. The van der Waals surface area contributed by atoms with Gasteiger partial charge in [0.1, 0.15) is 23.8 Å². The van der Waals surface area contributed by atoms with Crippen molar-refractivity contribution >= 4 is 16.9 Å². The van der Waals surface area contributed by atoms with Crippen LogP contribution in [-0.2, 0) is 4.79 Å². The van der Waals surface area contributed by atoms with Crippen LogP contribution in [0, 0.1) is 5.82 Å². The maximum atomic E-state index is 13.1. The van der Waals surface area contributed by atoms with E-state index >= 15 is 0 Å². The first kappa shape index (κ1) is 19.4. The van der Waals surface area contributed by atoms with Gasteiger partial charge in [-0.25, -0.2) is 9.37 Å². The third-order valence-corrected chi connectivity index (χ3v) is 5.37. The van der Waals surface area contributed by atoms with Gasteiger partial charge in [-0.1, -0.05) is 6.07 Å². The number of aromatic nitrogens is 2. The molecule has 1 saturated heterocycles. The number of H-pyrrole nitrogens is 1. The SMILES string of the molecule is O=C(CN1CCC(c2c[nH]c3ncccc23)CC1)NCCOc1cccc(F)c1. The Morgan fingerprint density at radius 3 is 2.97 bits per heavy atom. The lowest BCUT2D eigenvalue weighted by atomic mass is 9.89. The van der Waals surface area contributed by atoms with Gasteiger partial charge in [0.25, 0.3) is 0 Å². The van der Waals surface area contributed by atoms with Crippen LogP contribution in [0.5, 0.6) is 5.75 Å². The summed E-state index contributed by atoms with van der Waals surface area (Å²) in [5, 5.41) is 4.06. The molecule has 7 heteroatoms. The van der Waals surface area contributed by atoms with E-state index in [4.69, 9.17) is 4.74 Å². The third kappa shape index (κ3) is 4.92. The van der Waals surface area contributed by atoms with Crippen molar-refractivity contribution in [3.8, 4) is 5.75 Å². The molecule has 1 amide bonds. The molecular weight excluding hydrogens is 371 g/mol. The van der Waals surface area contributed by atoms with E-state index in [-0.39, 0.29) is 11.7 Å². The highest BCUT2D eigenvalue weighted by Gasteiger charge is 2.24. The Balaban J connectivity index is 1.18. The maximum Gasteiger partial charge on any atom is 0.234 e. The Kier molecular flexibility index (Phi) is 6.05. The summed E-state index contributed by atoms with van der Waals surface area (Å²) in [6, 6.07) is 10.1. The predicted octanol–water partition coefficient (Wildman–Crippen LogP) is 3.08. The molecule has 0 aliphatic carbocycles. The lowest BCUT2D eigenvalue weighted by Crippen LogP contribution is -2.42. The van der Waals surface area contributed by atoms with Crippen molar-refractivity contribution in [2.24, 2.45) is 0 Å². The van der Waals surface area contributed by atoms with Crippen LogP contribution in [0.25, 0.3) is 11.0 Å². The number of carbonyl (C=O) groups excluding carboxylic acids is 1. The molecule has 1 aliphatic rings. The summed E-state index contributed by atoms with van der Waals surface area (Å²) in [4.78, 5) is 22.0. The monoisotopic (exact) mass is 396 g/mol. The van der Waals surface area contributed by atoms with Gasteiger partial charge in [0, 0.05) is 23.8 Å². The van der Waals surface area contributed by atoms with Gasteiger partial charge in [-0.05, 0) is 61.7 Å². The molecule has 0 radical (unpaired) electrons. The van der Waals surface area contributed by atoms with Crippen LogP contribution < -0.4 is 10.1 Å². The lowest BCUT2D eigenvalue weighted by molar-refractivity contribution is -0.122. The highest BCUT2D eigenvalue weighted by atomic mass is 19.1. The quantitative estimate of drug-likeness (QED) is 0.602. The second-order valence-corrected chi connectivity index (χ2v) is 7.35. The van der Waals surface area contributed by atoms with Crippen LogP contribution in [0.1, 0.15) is 24.3 Å². The molecule has 1 fully saturated rings. The number of aromatic amines is 1. The first-order valence-corrected chi connectivity index (χ1v) is 9.98. The van der Waals surface area contributed by atoms with Crippen LogP contribution in [0.2, 0.25) is 0 Å². The number of ether oxygens (including phenoxy) is 1. The molecule has 29 heavy (non-hydrogen) atoms. The van der Waals surface area contributed by atoms with Crippen molar-refractivity contribution in [3.05, 3.63) is 60.2 Å². The smallest absolute Gasteiger partial charge is 0.234 e. The average molecular weight is 396 g/mol. The fourth-order valence-corrected chi connectivity index (χ4v) is 3.89. The van der Waals surface area contributed by atoms with E-state index < -0.39 is 0 Å². The Labute approximate surface area is 169 Å². The van der Waals surface area contributed by atoms with Crippen molar-refractivity contribution in [2.75, 3.05) is 32.8 Å². The molecule has 152 valence electrons. The number of likely N-dealkylation sites (tertiary alicyclic amines) is 1. The van der Waals surface area contributed by atoms with E-state index in [1.807, 2.05) is 6.07 Å². The van der Waals surface area contributed by atoms with Crippen molar-refractivity contribution in [3.63, 3.8) is 0 Å².